The normalized spacial score (nSPS) is 16.8. The van der Waals surface area contributed by atoms with Crippen molar-refractivity contribution in [1.29, 1.82) is 0 Å². The minimum absolute atomic E-state index is 0.0241. The number of hydrogen-bond donors (Lipinski definition) is 1. The second kappa shape index (κ2) is 6.24. The number of rotatable bonds is 3. The van der Waals surface area contributed by atoms with Gasteiger partial charge in [-0.05, 0) is 36.2 Å². The van der Waals surface area contributed by atoms with Gasteiger partial charge in [-0.15, -0.1) is 16.4 Å². The molecule has 106 valence electrons. The molecule has 0 spiro atoms. The number of nitrogens with zero attached hydrogens (tertiary/aromatic N) is 2. The molecule has 1 aliphatic rings. The van der Waals surface area contributed by atoms with E-state index in [1.54, 1.807) is 17.6 Å². The van der Waals surface area contributed by atoms with Crippen LogP contribution in [0.25, 0.3) is 10.4 Å². The molecular formula is C15H13N3OS2. The lowest BCUT2D eigenvalue weighted by Crippen LogP contribution is -2.19. The molecule has 1 saturated heterocycles. The zero-order valence-corrected chi connectivity index (χ0v) is 13.0. The third-order valence-corrected chi connectivity index (χ3v) is 4.77. The van der Waals surface area contributed by atoms with Crippen LogP contribution in [0.2, 0.25) is 0 Å². The highest BCUT2D eigenvalue weighted by molar-refractivity contribution is 8.15. The Morgan fingerprint density at radius 2 is 2.19 bits per heavy atom. The fourth-order valence-electron chi connectivity index (χ4n) is 1.89. The number of amides is 1. The van der Waals surface area contributed by atoms with Crippen molar-refractivity contribution in [3.63, 3.8) is 0 Å². The summed E-state index contributed by atoms with van der Waals surface area (Å²) in [5.41, 5.74) is 2.16. The standard InChI is InChI=1S/C15H13N3OS2/c1-10-5-6-13(21-10)12-4-2-3-11(7-12)8-16-18-15-17-14(19)9-20-15/h2-8H,9H2,1H3,(H,17,18,19). The Labute approximate surface area is 131 Å². The number of amidine groups is 1. The van der Waals surface area contributed by atoms with Crippen LogP contribution in [0.4, 0.5) is 0 Å². The molecule has 0 bridgehead atoms. The quantitative estimate of drug-likeness (QED) is 0.698. The van der Waals surface area contributed by atoms with Crippen LogP contribution in [0.5, 0.6) is 0 Å². The van der Waals surface area contributed by atoms with E-state index in [9.17, 15) is 4.79 Å². The molecule has 0 radical (unpaired) electrons. The average molecular weight is 315 g/mol. The Bertz CT molecular complexity index is 734. The molecule has 21 heavy (non-hydrogen) atoms. The van der Waals surface area contributed by atoms with Crippen molar-refractivity contribution in [2.45, 2.75) is 6.92 Å². The van der Waals surface area contributed by atoms with Gasteiger partial charge in [-0.3, -0.25) is 4.79 Å². The van der Waals surface area contributed by atoms with Gasteiger partial charge in [0.05, 0.1) is 12.0 Å². The molecule has 1 N–H and O–H groups in total. The van der Waals surface area contributed by atoms with E-state index in [0.29, 0.717) is 10.9 Å². The van der Waals surface area contributed by atoms with Crippen LogP contribution in [0.1, 0.15) is 10.4 Å². The molecule has 1 amide bonds. The molecule has 0 aliphatic carbocycles. The van der Waals surface area contributed by atoms with Crippen molar-refractivity contribution in [2.75, 3.05) is 5.75 Å². The highest BCUT2D eigenvalue weighted by atomic mass is 32.2. The molecule has 1 aliphatic heterocycles. The molecule has 2 aromatic rings. The van der Waals surface area contributed by atoms with E-state index in [-0.39, 0.29) is 5.91 Å². The lowest BCUT2D eigenvalue weighted by atomic mass is 10.1. The van der Waals surface area contributed by atoms with Gasteiger partial charge in [0.1, 0.15) is 0 Å². The van der Waals surface area contributed by atoms with Crippen molar-refractivity contribution in [3.8, 4) is 10.4 Å². The van der Waals surface area contributed by atoms with Gasteiger partial charge in [0.15, 0.2) is 5.17 Å². The summed E-state index contributed by atoms with van der Waals surface area (Å²) in [4.78, 5) is 13.6. The number of carbonyl (C=O) groups is 1. The number of hydrogen-bond acceptors (Lipinski definition) is 5. The van der Waals surface area contributed by atoms with E-state index in [4.69, 9.17) is 0 Å². The van der Waals surface area contributed by atoms with Crippen LogP contribution in [0.15, 0.2) is 46.6 Å². The first-order valence-electron chi connectivity index (χ1n) is 6.41. The van der Waals surface area contributed by atoms with Crippen LogP contribution in [0.3, 0.4) is 0 Å². The lowest BCUT2D eigenvalue weighted by Gasteiger charge is -1.98. The molecule has 1 fully saturated rings. The van der Waals surface area contributed by atoms with Crippen molar-refractivity contribution in [2.24, 2.45) is 10.2 Å². The van der Waals surface area contributed by atoms with Gasteiger partial charge >= 0.3 is 0 Å². The number of aryl methyl sites for hydroxylation is 1. The second-order valence-corrected chi connectivity index (χ2v) is 6.77. The zero-order chi connectivity index (χ0) is 14.7. The molecule has 1 aromatic carbocycles. The summed E-state index contributed by atoms with van der Waals surface area (Å²) in [7, 11) is 0. The SMILES string of the molecule is Cc1ccc(-c2cccc(C=NN=C3NC(=O)CS3)c2)s1. The van der Waals surface area contributed by atoms with Crippen LogP contribution in [-0.4, -0.2) is 23.0 Å². The van der Waals surface area contributed by atoms with Crippen molar-refractivity contribution >= 4 is 40.4 Å². The van der Waals surface area contributed by atoms with Gasteiger partial charge in [0.25, 0.3) is 0 Å². The summed E-state index contributed by atoms with van der Waals surface area (Å²) < 4.78 is 0. The van der Waals surface area contributed by atoms with E-state index in [1.165, 1.54) is 27.1 Å². The first kappa shape index (κ1) is 14.0. The minimum Gasteiger partial charge on any atom is -0.303 e. The second-order valence-electron chi connectivity index (χ2n) is 4.52. The molecule has 0 saturated carbocycles. The predicted molar refractivity (Wildman–Crippen MR) is 90.1 cm³/mol. The molecule has 3 rings (SSSR count). The summed E-state index contributed by atoms with van der Waals surface area (Å²) in [5.74, 6) is 0.394. The van der Waals surface area contributed by atoms with Crippen LogP contribution < -0.4 is 5.32 Å². The predicted octanol–water partition coefficient (Wildman–Crippen LogP) is 3.28. The van der Waals surface area contributed by atoms with Crippen molar-refractivity contribution in [1.82, 2.24) is 5.32 Å². The molecule has 0 unspecified atom stereocenters. The fraction of sp³-hybridized carbons (Fsp3) is 0.133. The monoisotopic (exact) mass is 315 g/mol. The number of thioether (sulfide) groups is 1. The number of nitrogens with one attached hydrogen (secondary N) is 1. The van der Waals surface area contributed by atoms with E-state index >= 15 is 0 Å². The molecule has 6 heteroatoms. The van der Waals surface area contributed by atoms with E-state index in [1.807, 2.05) is 12.1 Å². The molecule has 2 heterocycles. The Kier molecular flexibility index (Phi) is 4.17. The lowest BCUT2D eigenvalue weighted by molar-refractivity contribution is -0.116. The number of benzene rings is 1. The first-order chi connectivity index (χ1) is 10.2. The summed E-state index contributed by atoms with van der Waals surface area (Å²) >= 11 is 3.14. The van der Waals surface area contributed by atoms with Crippen molar-refractivity contribution < 1.29 is 4.79 Å². The highest BCUT2D eigenvalue weighted by Crippen LogP contribution is 2.27. The van der Waals surface area contributed by atoms with Crippen LogP contribution in [0, 0.1) is 6.92 Å². The van der Waals surface area contributed by atoms with Crippen LogP contribution >= 0.6 is 23.1 Å². The Morgan fingerprint density at radius 3 is 2.90 bits per heavy atom. The summed E-state index contributed by atoms with van der Waals surface area (Å²) in [6.45, 7) is 2.10. The Hall–Kier alpha value is -1.92. The zero-order valence-electron chi connectivity index (χ0n) is 11.4. The third kappa shape index (κ3) is 3.59. The van der Waals surface area contributed by atoms with Gasteiger partial charge in [-0.2, -0.15) is 5.10 Å². The van der Waals surface area contributed by atoms with Gasteiger partial charge in [-0.25, -0.2) is 0 Å². The molecular weight excluding hydrogens is 302 g/mol. The molecule has 0 atom stereocenters. The maximum Gasteiger partial charge on any atom is 0.236 e. The number of carbonyl (C=O) groups excluding carboxylic acids is 1. The van der Waals surface area contributed by atoms with Gasteiger partial charge < -0.3 is 5.32 Å². The first-order valence-corrected chi connectivity index (χ1v) is 8.21. The topological polar surface area (TPSA) is 53.8 Å². The summed E-state index contributed by atoms with van der Waals surface area (Å²) in [5, 5.41) is 11.2. The molecule has 4 nitrogen and oxygen atoms in total. The minimum atomic E-state index is -0.0241. The maximum atomic E-state index is 11.0. The van der Waals surface area contributed by atoms with Crippen molar-refractivity contribution in [3.05, 3.63) is 46.8 Å². The summed E-state index contributed by atoms with van der Waals surface area (Å²) in [6.07, 6.45) is 1.70. The van der Waals surface area contributed by atoms with E-state index in [2.05, 4.69) is 46.7 Å². The smallest absolute Gasteiger partial charge is 0.236 e. The van der Waals surface area contributed by atoms with Gasteiger partial charge in [0, 0.05) is 9.75 Å². The third-order valence-electron chi connectivity index (χ3n) is 2.85. The average Bonchev–Trinajstić information content (AvgIpc) is 3.08. The maximum absolute atomic E-state index is 11.0. The Balaban J connectivity index is 1.76. The Morgan fingerprint density at radius 1 is 1.29 bits per heavy atom. The van der Waals surface area contributed by atoms with Gasteiger partial charge in [-0.1, -0.05) is 30.0 Å². The van der Waals surface area contributed by atoms with Gasteiger partial charge in [0.2, 0.25) is 5.91 Å². The highest BCUT2D eigenvalue weighted by Gasteiger charge is 2.15. The summed E-state index contributed by atoms with van der Waals surface area (Å²) in [6, 6.07) is 12.4. The van der Waals surface area contributed by atoms with E-state index < -0.39 is 0 Å². The fourth-order valence-corrected chi connectivity index (χ4v) is 3.38. The van der Waals surface area contributed by atoms with E-state index in [0.717, 1.165) is 5.56 Å². The number of thiophene rings is 1. The molecule has 1 aromatic heterocycles. The largest absolute Gasteiger partial charge is 0.303 e. The van der Waals surface area contributed by atoms with Crippen LogP contribution in [-0.2, 0) is 4.79 Å².